The molecule has 2 aromatic carbocycles. The molecule has 1 amide bonds. The Labute approximate surface area is 139 Å². The van der Waals surface area contributed by atoms with E-state index in [0.29, 0.717) is 5.56 Å². The zero-order valence-corrected chi connectivity index (χ0v) is 13.4. The highest BCUT2D eigenvalue weighted by Gasteiger charge is 2.11. The van der Waals surface area contributed by atoms with Crippen molar-refractivity contribution in [2.24, 2.45) is 0 Å². The van der Waals surface area contributed by atoms with Crippen molar-refractivity contribution >= 4 is 33.4 Å². The quantitative estimate of drug-likeness (QED) is 0.606. The number of benzene rings is 2. The molecular weight excluding hydrogens is 298 g/mol. The Kier molecular flexibility index (Phi) is 3.50. The number of carbonyl (C=O) groups is 1. The fraction of sp³-hybridized carbons (Fsp3) is 0.100. The molecule has 0 aliphatic heterocycles. The molecule has 0 fully saturated rings. The Bertz CT molecular complexity index is 1030. The smallest absolute Gasteiger partial charge is 0.255 e. The van der Waals surface area contributed by atoms with Crippen molar-refractivity contribution in [3.63, 3.8) is 0 Å². The lowest BCUT2D eigenvalue weighted by Gasteiger charge is -2.06. The van der Waals surface area contributed by atoms with Gasteiger partial charge in [0.2, 0.25) is 0 Å². The summed E-state index contributed by atoms with van der Waals surface area (Å²) in [6.45, 7) is 3.05. The first-order valence-corrected chi connectivity index (χ1v) is 8.00. The van der Waals surface area contributed by atoms with E-state index in [2.05, 4.69) is 46.1 Å². The van der Waals surface area contributed by atoms with Gasteiger partial charge < -0.3 is 9.88 Å². The molecular formula is C20H17N3O. The van der Waals surface area contributed by atoms with E-state index in [0.717, 1.165) is 17.6 Å². The molecule has 0 spiro atoms. The molecule has 0 aliphatic carbocycles. The molecule has 0 unspecified atom stereocenters. The molecule has 2 heterocycles. The Morgan fingerprint density at radius 2 is 1.75 bits per heavy atom. The molecule has 0 aliphatic rings. The van der Waals surface area contributed by atoms with Crippen molar-refractivity contribution < 1.29 is 4.79 Å². The van der Waals surface area contributed by atoms with E-state index >= 15 is 0 Å². The minimum atomic E-state index is -0.129. The Morgan fingerprint density at radius 3 is 2.54 bits per heavy atom. The van der Waals surface area contributed by atoms with E-state index in [1.165, 1.54) is 16.4 Å². The van der Waals surface area contributed by atoms with E-state index in [1.54, 1.807) is 24.5 Å². The molecule has 24 heavy (non-hydrogen) atoms. The summed E-state index contributed by atoms with van der Waals surface area (Å²) in [7, 11) is 0. The molecule has 4 rings (SSSR count). The number of rotatable bonds is 3. The number of aromatic nitrogens is 2. The van der Waals surface area contributed by atoms with Crippen LogP contribution in [0.3, 0.4) is 0 Å². The van der Waals surface area contributed by atoms with E-state index in [4.69, 9.17) is 0 Å². The van der Waals surface area contributed by atoms with Gasteiger partial charge in [0, 0.05) is 52.0 Å². The van der Waals surface area contributed by atoms with Gasteiger partial charge in [0.1, 0.15) is 0 Å². The van der Waals surface area contributed by atoms with Gasteiger partial charge in [0.25, 0.3) is 5.91 Å². The van der Waals surface area contributed by atoms with Gasteiger partial charge in [0.05, 0.1) is 0 Å². The molecule has 4 aromatic rings. The third kappa shape index (κ3) is 2.33. The Morgan fingerprint density at radius 1 is 1.00 bits per heavy atom. The van der Waals surface area contributed by atoms with Gasteiger partial charge in [-0.3, -0.25) is 9.78 Å². The van der Waals surface area contributed by atoms with Crippen LogP contribution in [0.5, 0.6) is 0 Å². The SMILES string of the molecule is CCn1c2ccccc2c2cc(NC(=O)c3ccncc3)ccc21. The summed E-state index contributed by atoms with van der Waals surface area (Å²) in [6, 6.07) is 17.8. The number of nitrogens with one attached hydrogen (secondary N) is 1. The lowest BCUT2D eigenvalue weighted by atomic mass is 10.1. The predicted octanol–water partition coefficient (Wildman–Crippen LogP) is 4.46. The van der Waals surface area contributed by atoms with Gasteiger partial charge in [0.15, 0.2) is 0 Å². The van der Waals surface area contributed by atoms with Crippen LogP contribution in [0.4, 0.5) is 5.69 Å². The van der Waals surface area contributed by atoms with E-state index in [1.807, 2.05) is 18.2 Å². The van der Waals surface area contributed by atoms with E-state index < -0.39 is 0 Å². The highest BCUT2D eigenvalue weighted by atomic mass is 16.1. The first-order valence-electron chi connectivity index (χ1n) is 8.00. The molecule has 2 aromatic heterocycles. The Hall–Kier alpha value is -3.14. The van der Waals surface area contributed by atoms with E-state index in [9.17, 15) is 4.79 Å². The number of nitrogens with zero attached hydrogens (tertiary/aromatic N) is 2. The molecule has 4 heteroatoms. The van der Waals surface area contributed by atoms with Crippen molar-refractivity contribution in [3.05, 3.63) is 72.6 Å². The first-order chi connectivity index (χ1) is 11.8. The summed E-state index contributed by atoms with van der Waals surface area (Å²) in [6.07, 6.45) is 3.24. The molecule has 4 nitrogen and oxygen atoms in total. The largest absolute Gasteiger partial charge is 0.341 e. The lowest BCUT2D eigenvalue weighted by molar-refractivity contribution is 0.102. The van der Waals surface area contributed by atoms with Gasteiger partial charge in [-0.05, 0) is 43.3 Å². The second-order valence-corrected chi connectivity index (χ2v) is 5.68. The first kappa shape index (κ1) is 14.5. The molecule has 0 radical (unpaired) electrons. The molecule has 0 atom stereocenters. The van der Waals surface area contributed by atoms with Crippen LogP contribution in [0, 0.1) is 0 Å². The fourth-order valence-electron chi connectivity index (χ4n) is 3.18. The highest BCUT2D eigenvalue weighted by Crippen LogP contribution is 2.31. The standard InChI is InChI=1S/C20H17N3O/c1-2-23-18-6-4-3-5-16(18)17-13-15(7-8-19(17)23)22-20(24)14-9-11-21-12-10-14/h3-13H,2H2,1H3,(H,22,24). The van der Waals surface area contributed by atoms with Crippen molar-refractivity contribution in [2.75, 3.05) is 5.32 Å². The minimum absolute atomic E-state index is 0.129. The number of fused-ring (bicyclic) bond motifs is 3. The van der Waals surface area contributed by atoms with Crippen LogP contribution in [0.1, 0.15) is 17.3 Å². The fourth-order valence-corrected chi connectivity index (χ4v) is 3.18. The zero-order valence-electron chi connectivity index (χ0n) is 13.4. The number of hydrogen-bond acceptors (Lipinski definition) is 2. The number of hydrogen-bond donors (Lipinski definition) is 1. The summed E-state index contributed by atoms with van der Waals surface area (Å²) < 4.78 is 2.29. The second kappa shape index (κ2) is 5.81. The van der Waals surface area contributed by atoms with Crippen LogP contribution < -0.4 is 5.32 Å². The van der Waals surface area contributed by atoms with Crippen molar-refractivity contribution in [2.45, 2.75) is 13.5 Å². The van der Waals surface area contributed by atoms with Gasteiger partial charge in [-0.25, -0.2) is 0 Å². The number of amides is 1. The average Bonchev–Trinajstić information content (AvgIpc) is 2.95. The minimum Gasteiger partial charge on any atom is -0.341 e. The summed E-state index contributed by atoms with van der Waals surface area (Å²) in [5.74, 6) is -0.129. The second-order valence-electron chi connectivity index (χ2n) is 5.68. The Balaban J connectivity index is 1.78. The van der Waals surface area contributed by atoms with Crippen molar-refractivity contribution in [1.29, 1.82) is 0 Å². The van der Waals surface area contributed by atoms with Crippen LogP contribution in [0.15, 0.2) is 67.0 Å². The van der Waals surface area contributed by atoms with Crippen LogP contribution >= 0.6 is 0 Å². The maximum Gasteiger partial charge on any atom is 0.255 e. The number of pyridine rings is 1. The van der Waals surface area contributed by atoms with Gasteiger partial charge in [-0.2, -0.15) is 0 Å². The molecule has 0 bridgehead atoms. The predicted molar refractivity (Wildman–Crippen MR) is 97.3 cm³/mol. The number of para-hydroxylation sites is 1. The van der Waals surface area contributed by atoms with Crippen LogP contribution in [-0.2, 0) is 6.54 Å². The summed E-state index contributed by atoms with van der Waals surface area (Å²) in [5, 5.41) is 5.32. The van der Waals surface area contributed by atoms with Crippen LogP contribution in [0.25, 0.3) is 21.8 Å². The topological polar surface area (TPSA) is 46.9 Å². The van der Waals surface area contributed by atoms with Crippen molar-refractivity contribution in [3.8, 4) is 0 Å². The third-order valence-electron chi connectivity index (χ3n) is 4.29. The van der Waals surface area contributed by atoms with E-state index in [-0.39, 0.29) is 5.91 Å². The summed E-state index contributed by atoms with van der Waals surface area (Å²) >= 11 is 0. The maximum atomic E-state index is 12.3. The molecule has 0 saturated carbocycles. The lowest BCUT2D eigenvalue weighted by Crippen LogP contribution is -2.11. The molecule has 118 valence electrons. The van der Waals surface area contributed by atoms with Gasteiger partial charge >= 0.3 is 0 Å². The third-order valence-corrected chi connectivity index (χ3v) is 4.29. The number of carbonyl (C=O) groups excluding carboxylic acids is 1. The monoisotopic (exact) mass is 315 g/mol. The number of aryl methyl sites for hydroxylation is 1. The summed E-state index contributed by atoms with van der Waals surface area (Å²) in [5.41, 5.74) is 3.79. The highest BCUT2D eigenvalue weighted by molar-refractivity contribution is 6.11. The van der Waals surface area contributed by atoms with Crippen LogP contribution in [0.2, 0.25) is 0 Å². The zero-order chi connectivity index (χ0) is 16.5. The van der Waals surface area contributed by atoms with Gasteiger partial charge in [-0.1, -0.05) is 18.2 Å². The normalized spacial score (nSPS) is 11.0. The van der Waals surface area contributed by atoms with Gasteiger partial charge in [-0.15, -0.1) is 0 Å². The summed E-state index contributed by atoms with van der Waals surface area (Å²) in [4.78, 5) is 16.3. The van der Waals surface area contributed by atoms with Crippen LogP contribution in [-0.4, -0.2) is 15.5 Å². The number of anilines is 1. The maximum absolute atomic E-state index is 12.3. The molecule has 1 N–H and O–H groups in total. The average molecular weight is 315 g/mol. The molecule has 0 saturated heterocycles. The van der Waals surface area contributed by atoms with Crippen molar-refractivity contribution in [1.82, 2.24) is 9.55 Å².